The van der Waals surface area contributed by atoms with Crippen LogP contribution >= 0.6 is 37.0 Å². The lowest BCUT2D eigenvalue weighted by atomic mass is 10.1. The Morgan fingerprint density at radius 3 is 2.10 bits per heavy atom. The van der Waals surface area contributed by atoms with Crippen LogP contribution in [0.15, 0.2) is 70.5 Å². The molecule has 2 aromatic rings. The van der Waals surface area contributed by atoms with Crippen LogP contribution in [0.1, 0.15) is 28.0 Å². The maximum atomic E-state index is 4.59. The molecule has 20 heavy (non-hydrogen) atoms. The largest absolute Gasteiger partial charge is 0.143 e. The van der Waals surface area contributed by atoms with Gasteiger partial charge in [-0.1, -0.05) is 48.6 Å². The van der Waals surface area contributed by atoms with Crippen molar-refractivity contribution in [2.75, 3.05) is 0 Å². The van der Waals surface area contributed by atoms with Crippen molar-refractivity contribution in [1.29, 1.82) is 0 Å². The van der Waals surface area contributed by atoms with E-state index in [4.69, 9.17) is 0 Å². The van der Waals surface area contributed by atoms with Gasteiger partial charge in [0.25, 0.3) is 0 Å². The van der Waals surface area contributed by atoms with Crippen LogP contribution in [-0.4, -0.2) is 0 Å². The first-order valence-corrected chi connectivity index (χ1v) is 8.47. The molecule has 1 aliphatic heterocycles. The molecule has 1 heterocycles. The summed E-state index contributed by atoms with van der Waals surface area (Å²) in [5.41, 5.74) is 2.62. The minimum Gasteiger partial charge on any atom is -0.143 e. The van der Waals surface area contributed by atoms with Crippen molar-refractivity contribution in [2.45, 2.75) is 26.7 Å². The fraction of sp³-hybridized carbons (Fsp3) is 0.176. The average molecular weight is 317 g/mol. The normalized spacial score (nSPS) is 21.9. The third-order valence-electron chi connectivity index (χ3n) is 3.50. The van der Waals surface area contributed by atoms with Gasteiger partial charge >= 0.3 is 0 Å². The Morgan fingerprint density at radius 1 is 0.850 bits per heavy atom. The fourth-order valence-electron chi connectivity index (χ4n) is 2.47. The van der Waals surface area contributed by atoms with Gasteiger partial charge in [-0.3, -0.25) is 0 Å². The van der Waals surface area contributed by atoms with Gasteiger partial charge in [-0.05, 0) is 29.7 Å². The molecule has 0 bridgehead atoms. The van der Waals surface area contributed by atoms with Gasteiger partial charge < -0.3 is 0 Å². The minimum atomic E-state index is 0.371. The van der Waals surface area contributed by atoms with Crippen LogP contribution in [0.4, 0.5) is 0 Å². The van der Waals surface area contributed by atoms with Crippen molar-refractivity contribution in [1.82, 2.24) is 0 Å². The van der Waals surface area contributed by atoms with Crippen molar-refractivity contribution in [3.8, 4) is 0 Å². The number of hydrogen-bond donors (Lipinski definition) is 2. The van der Waals surface area contributed by atoms with Gasteiger partial charge in [-0.2, -0.15) is 0 Å². The molecular weight excluding hydrogens is 300 g/mol. The van der Waals surface area contributed by atoms with Gasteiger partial charge in [-0.15, -0.1) is 37.0 Å². The highest BCUT2D eigenvalue weighted by Gasteiger charge is 2.23. The summed E-state index contributed by atoms with van der Waals surface area (Å²) in [5, 5.41) is 0.835. The van der Waals surface area contributed by atoms with E-state index in [1.165, 1.54) is 11.1 Å². The van der Waals surface area contributed by atoms with Crippen molar-refractivity contribution in [3.63, 3.8) is 0 Å². The molecule has 0 fully saturated rings. The number of rotatable bonds is 2. The molecule has 0 nitrogen and oxygen atoms in total. The first-order chi connectivity index (χ1) is 9.75. The molecule has 0 saturated heterocycles. The SMILES string of the molecule is Sc1ccccc1C1C=CCC(c2ccccc2S)S1. The highest BCUT2D eigenvalue weighted by atomic mass is 32.2. The molecule has 102 valence electrons. The monoisotopic (exact) mass is 316 g/mol. The minimum absolute atomic E-state index is 0.371. The Morgan fingerprint density at radius 2 is 1.45 bits per heavy atom. The third-order valence-corrected chi connectivity index (χ3v) is 5.79. The molecule has 0 spiro atoms. The highest BCUT2D eigenvalue weighted by molar-refractivity contribution is 8.00. The molecule has 0 saturated carbocycles. The molecule has 1 aliphatic rings. The summed E-state index contributed by atoms with van der Waals surface area (Å²) in [6.07, 6.45) is 5.64. The summed E-state index contributed by atoms with van der Waals surface area (Å²) in [5.74, 6) is 0. The van der Waals surface area contributed by atoms with Gasteiger partial charge in [0.05, 0.1) is 0 Å². The molecule has 0 radical (unpaired) electrons. The van der Waals surface area contributed by atoms with Crippen LogP contribution < -0.4 is 0 Å². The second kappa shape index (κ2) is 6.33. The Labute approximate surface area is 135 Å². The van der Waals surface area contributed by atoms with Crippen molar-refractivity contribution < 1.29 is 0 Å². The smallest absolute Gasteiger partial charge is 0.0494 e. The van der Waals surface area contributed by atoms with Gasteiger partial charge in [0.2, 0.25) is 0 Å². The van der Waals surface area contributed by atoms with Gasteiger partial charge in [0.1, 0.15) is 0 Å². The van der Waals surface area contributed by atoms with Gasteiger partial charge in [-0.25, -0.2) is 0 Å². The average Bonchev–Trinajstić information content (AvgIpc) is 2.48. The third kappa shape index (κ3) is 2.95. The second-order valence-electron chi connectivity index (χ2n) is 4.83. The van der Waals surface area contributed by atoms with Gasteiger partial charge in [0, 0.05) is 20.3 Å². The van der Waals surface area contributed by atoms with Crippen LogP contribution in [-0.2, 0) is 0 Å². The van der Waals surface area contributed by atoms with E-state index in [-0.39, 0.29) is 0 Å². The lowest BCUT2D eigenvalue weighted by Crippen LogP contribution is -2.04. The number of thiol groups is 2. The summed E-state index contributed by atoms with van der Waals surface area (Å²) in [7, 11) is 0. The Balaban J connectivity index is 1.88. The fourth-order valence-corrected chi connectivity index (χ4v) is 4.74. The Kier molecular flexibility index (Phi) is 4.49. The van der Waals surface area contributed by atoms with Crippen molar-refractivity contribution in [2.24, 2.45) is 0 Å². The molecule has 3 rings (SSSR count). The Bertz CT molecular complexity index is 634. The summed E-state index contributed by atoms with van der Waals surface area (Å²) < 4.78 is 0. The quantitative estimate of drug-likeness (QED) is 0.526. The van der Waals surface area contributed by atoms with Crippen LogP contribution in [0.3, 0.4) is 0 Å². The van der Waals surface area contributed by atoms with E-state index in [1.807, 2.05) is 23.9 Å². The predicted molar refractivity (Wildman–Crippen MR) is 94.2 cm³/mol. The summed E-state index contributed by atoms with van der Waals surface area (Å²) in [4.78, 5) is 2.15. The zero-order chi connectivity index (χ0) is 13.9. The molecule has 2 unspecified atom stereocenters. The van der Waals surface area contributed by atoms with Gasteiger partial charge in [0.15, 0.2) is 0 Å². The van der Waals surface area contributed by atoms with E-state index in [0.717, 1.165) is 16.2 Å². The van der Waals surface area contributed by atoms with E-state index >= 15 is 0 Å². The summed E-state index contributed by atoms with van der Waals surface area (Å²) >= 11 is 11.2. The molecule has 0 N–H and O–H groups in total. The van der Waals surface area contributed by atoms with Crippen LogP contribution in [0.25, 0.3) is 0 Å². The second-order valence-corrected chi connectivity index (χ2v) is 7.14. The molecule has 0 amide bonds. The maximum Gasteiger partial charge on any atom is 0.0494 e. The summed E-state index contributed by atoms with van der Waals surface area (Å²) in [6, 6.07) is 16.7. The number of benzene rings is 2. The lowest BCUT2D eigenvalue weighted by molar-refractivity contribution is 0.907. The maximum absolute atomic E-state index is 4.59. The number of hydrogen-bond acceptors (Lipinski definition) is 3. The van der Waals surface area contributed by atoms with E-state index in [1.54, 1.807) is 0 Å². The standard InChI is InChI=1S/C17H16S3/c18-14-8-3-1-6-12(14)16-10-5-11-17(20-16)13-7-2-4-9-15(13)19/h1-10,16-19H,11H2. The molecular formula is C17H16S3. The summed E-state index contributed by atoms with van der Waals surface area (Å²) in [6.45, 7) is 0. The zero-order valence-corrected chi connectivity index (χ0v) is 13.5. The molecule has 2 aromatic carbocycles. The first kappa shape index (κ1) is 14.2. The number of thioether (sulfide) groups is 1. The van der Waals surface area contributed by atoms with E-state index in [0.29, 0.717) is 10.5 Å². The first-order valence-electron chi connectivity index (χ1n) is 6.63. The van der Waals surface area contributed by atoms with Crippen molar-refractivity contribution >= 4 is 37.0 Å². The van der Waals surface area contributed by atoms with Crippen LogP contribution in [0.5, 0.6) is 0 Å². The lowest BCUT2D eigenvalue weighted by Gasteiger charge is -2.26. The van der Waals surface area contributed by atoms with E-state index < -0.39 is 0 Å². The number of allylic oxidation sites excluding steroid dienone is 1. The van der Waals surface area contributed by atoms with Crippen LogP contribution in [0, 0.1) is 0 Å². The highest BCUT2D eigenvalue weighted by Crippen LogP contribution is 2.48. The molecule has 0 aromatic heterocycles. The molecule has 3 heteroatoms. The predicted octanol–water partition coefficient (Wildman–Crippen LogP) is 5.74. The Hall–Kier alpha value is -0.770. The molecule has 0 aliphatic carbocycles. The van der Waals surface area contributed by atoms with Crippen molar-refractivity contribution in [3.05, 3.63) is 71.8 Å². The molecule has 2 atom stereocenters. The topological polar surface area (TPSA) is 0 Å². The van der Waals surface area contributed by atoms with E-state index in [9.17, 15) is 0 Å². The van der Waals surface area contributed by atoms with Crippen LogP contribution in [0.2, 0.25) is 0 Å². The van der Waals surface area contributed by atoms with E-state index in [2.05, 4.69) is 73.8 Å². The zero-order valence-electron chi connectivity index (χ0n) is 10.9.